The van der Waals surface area contributed by atoms with Gasteiger partial charge in [0.2, 0.25) is 17.7 Å². The Balaban J connectivity index is 2.30. The van der Waals surface area contributed by atoms with Crippen LogP contribution < -0.4 is 20.7 Å². The number of methoxy groups -OCH3 is 1. The molecule has 8 nitrogen and oxygen atoms in total. The first-order chi connectivity index (χ1) is 17.9. The topological polar surface area (TPSA) is 114 Å². The molecule has 1 aromatic carbocycles. The molecule has 1 saturated carbocycles. The van der Waals surface area contributed by atoms with Gasteiger partial charge in [0.05, 0.1) is 13.2 Å². The number of alkyl halides is 6. The fourth-order valence-electron chi connectivity index (χ4n) is 4.33. The van der Waals surface area contributed by atoms with E-state index in [1.54, 1.807) is 0 Å². The molecule has 0 radical (unpaired) electrons. The van der Waals surface area contributed by atoms with Crippen molar-refractivity contribution in [1.29, 1.82) is 0 Å². The second kappa shape index (κ2) is 12.2. The van der Waals surface area contributed by atoms with Crippen LogP contribution in [0.1, 0.15) is 58.1 Å². The van der Waals surface area contributed by atoms with Crippen molar-refractivity contribution in [2.45, 2.75) is 76.9 Å². The van der Waals surface area contributed by atoms with E-state index < -0.39 is 78.2 Å². The number of Topliss-reactive ketones (excluding diaryl/α,β-unsaturated/α-hetero) is 1. The van der Waals surface area contributed by atoms with Crippen LogP contribution in [-0.2, 0) is 19.2 Å². The van der Waals surface area contributed by atoms with Crippen LogP contribution in [0.15, 0.2) is 24.3 Å². The Bertz CT molecular complexity index is 1050. The van der Waals surface area contributed by atoms with Crippen LogP contribution in [0.5, 0.6) is 5.75 Å². The van der Waals surface area contributed by atoms with Crippen molar-refractivity contribution in [1.82, 2.24) is 16.0 Å². The third kappa shape index (κ3) is 7.41. The van der Waals surface area contributed by atoms with Crippen LogP contribution in [-0.4, -0.2) is 55.1 Å². The number of carbonyl (C=O) groups is 4. The first kappa shape index (κ1) is 31.9. The van der Waals surface area contributed by atoms with Crippen LogP contribution in [0, 0.1) is 11.3 Å². The van der Waals surface area contributed by atoms with Crippen molar-refractivity contribution < 1.29 is 50.3 Å². The molecule has 1 aliphatic carbocycles. The van der Waals surface area contributed by atoms with E-state index in [0.29, 0.717) is 5.75 Å². The minimum Gasteiger partial charge on any atom is -0.497 e. The highest BCUT2D eigenvalue weighted by atomic mass is 19.4. The summed E-state index contributed by atoms with van der Waals surface area (Å²) in [6.07, 6.45) is -10.6. The van der Waals surface area contributed by atoms with E-state index in [-0.39, 0.29) is 18.4 Å². The Kier molecular flexibility index (Phi) is 10.0. The average Bonchev–Trinajstić information content (AvgIpc) is 3.36. The molecule has 2 rings (SSSR count). The maximum atomic E-state index is 13.7. The summed E-state index contributed by atoms with van der Waals surface area (Å²) in [5, 5.41) is 6.33. The Hall–Kier alpha value is -3.32. The monoisotopic (exact) mass is 567 g/mol. The summed E-state index contributed by atoms with van der Waals surface area (Å²) in [7, 11) is 1.36. The Morgan fingerprint density at radius 1 is 0.846 bits per heavy atom. The second-order valence-electron chi connectivity index (χ2n) is 9.79. The van der Waals surface area contributed by atoms with Crippen molar-refractivity contribution in [3.05, 3.63) is 29.8 Å². The van der Waals surface area contributed by atoms with Gasteiger partial charge in [-0.1, -0.05) is 38.8 Å². The fourth-order valence-corrected chi connectivity index (χ4v) is 4.33. The number of halogens is 6. The number of nitrogens with one attached hydrogen (secondary N) is 3. The van der Waals surface area contributed by atoms with Gasteiger partial charge < -0.3 is 20.7 Å². The van der Waals surface area contributed by atoms with Crippen molar-refractivity contribution >= 4 is 23.5 Å². The summed E-state index contributed by atoms with van der Waals surface area (Å²) < 4.78 is 85.5. The van der Waals surface area contributed by atoms with Gasteiger partial charge in [-0.15, -0.1) is 0 Å². The van der Waals surface area contributed by atoms with E-state index in [2.05, 4.69) is 10.6 Å². The molecule has 0 heterocycles. The third-order valence-corrected chi connectivity index (χ3v) is 6.70. The van der Waals surface area contributed by atoms with Gasteiger partial charge in [-0.3, -0.25) is 19.2 Å². The predicted octanol–water partition coefficient (Wildman–Crippen LogP) is 3.75. The summed E-state index contributed by atoms with van der Waals surface area (Å²) >= 11 is 0. The number of ketones is 1. The SMILES string of the molecule is COc1ccc(C(NC(=O)C(C)NC(=O)C2(C(F)(F)F)CCCC2)C(=O)NC(C(=O)C(F)(F)F)C(C)C)cc1. The van der Waals surface area contributed by atoms with Crippen molar-refractivity contribution in [3.63, 3.8) is 0 Å². The van der Waals surface area contributed by atoms with Gasteiger partial charge in [0.25, 0.3) is 5.78 Å². The molecule has 1 aliphatic rings. The molecule has 0 aliphatic heterocycles. The Labute approximate surface area is 221 Å². The lowest BCUT2D eigenvalue weighted by Crippen LogP contribution is -2.56. The average molecular weight is 568 g/mol. The molecule has 0 bridgehead atoms. The standard InChI is InChI=1S/C25H31F6N3O5/c1-13(2)17(19(35)24(26,27)28)33-21(37)18(15-7-9-16(39-4)10-8-15)34-20(36)14(3)32-22(38)23(25(29,30)31)11-5-6-12-23/h7-10,13-14,17-18H,5-6,11-12H2,1-4H3,(H,32,38)(H,33,37)(H,34,36). The number of carbonyl (C=O) groups excluding carboxylic acids is 4. The minimum atomic E-state index is -5.24. The molecule has 3 unspecified atom stereocenters. The van der Waals surface area contributed by atoms with E-state index >= 15 is 0 Å². The molecule has 14 heteroatoms. The van der Waals surface area contributed by atoms with E-state index in [1.165, 1.54) is 45.2 Å². The van der Waals surface area contributed by atoms with Gasteiger partial charge in [-0.05, 0) is 43.4 Å². The number of hydrogen-bond donors (Lipinski definition) is 3. The molecule has 3 N–H and O–H groups in total. The molecule has 39 heavy (non-hydrogen) atoms. The van der Waals surface area contributed by atoms with E-state index in [9.17, 15) is 45.5 Å². The zero-order chi connectivity index (χ0) is 29.8. The first-order valence-electron chi connectivity index (χ1n) is 12.2. The van der Waals surface area contributed by atoms with Gasteiger partial charge >= 0.3 is 12.4 Å². The van der Waals surface area contributed by atoms with E-state index in [0.717, 1.165) is 6.92 Å². The molecular formula is C25H31F6N3O5. The van der Waals surface area contributed by atoms with Crippen LogP contribution >= 0.6 is 0 Å². The third-order valence-electron chi connectivity index (χ3n) is 6.70. The highest BCUT2D eigenvalue weighted by Crippen LogP contribution is 2.50. The maximum Gasteiger partial charge on any atom is 0.452 e. The van der Waals surface area contributed by atoms with Crippen molar-refractivity contribution in [3.8, 4) is 5.75 Å². The summed E-state index contributed by atoms with van der Waals surface area (Å²) in [5.74, 6) is -6.44. The van der Waals surface area contributed by atoms with Gasteiger partial charge in [0, 0.05) is 0 Å². The molecule has 0 aromatic heterocycles. The molecule has 3 atom stereocenters. The first-order valence-corrected chi connectivity index (χ1v) is 12.2. The quantitative estimate of drug-likeness (QED) is 0.373. The second-order valence-corrected chi connectivity index (χ2v) is 9.79. The number of hydrogen-bond acceptors (Lipinski definition) is 5. The summed E-state index contributed by atoms with van der Waals surface area (Å²) in [6, 6.07) is 0.305. The van der Waals surface area contributed by atoms with Crippen LogP contribution in [0.4, 0.5) is 26.3 Å². The summed E-state index contributed by atoms with van der Waals surface area (Å²) in [5.41, 5.74) is -2.57. The normalized spacial score (nSPS) is 17.6. The number of ether oxygens (including phenoxy) is 1. The van der Waals surface area contributed by atoms with Gasteiger partial charge in [0.15, 0.2) is 0 Å². The lowest BCUT2D eigenvalue weighted by Gasteiger charge is -2.31. The number of benzene rings is 1. The van der Waals surface area contributed by atoms with Crippen molar-refractivity contribution in [2.75, 3.05) is 7.11 Å². The molecule has 1 fully saturated rings. The molecule has 3 amide bonds. The zero-order valence-electron chi connectivity index (χ0n) is 21.8. The van der Waals surface area contributed by atoms with Gasteiger partial charge in [0.1, 0.15) is 23.2 Å². The fraction of sp³-hybridized carbons (Fsp3) is 0.600. The molecular weight excluding hydrogens is 536 g/mol. The lowest BCUT2D eigenvalue weighted by molar-refractivity contribution is -0.220. The predicted molar refractivity (Wildman–Crippen MR) is 126 cm³/mol. The molecule has 218 valence electrons. The van der Waals surface area contributed by atoms with Crippen LogP contribution in [0.2, 0.25) is 0 Å². The Morgan fingerprint density at radius 2 is 1.38 bits per heavy atom. The molecule has 0 spiro atoms. The number of amides is 3. The largest absolute Gasteiger partial charge is 0.497 e. The minimum absolute atomic E-state index is 0.0738. The molecule has 0 saturated heterocycles. The van der Waals surface area contributed by atoms with E-state index in [4.69, 9.17) is 4.74 Å². The zero-order valence-corrected chi connectivity index (χ0v) is 21.8. The number of rotatable bonds is 10. The van der Waals surface area contributed by atoms with E-state index in [1.807, 2.05) is 5.32 Å². The summed E-state index contributed by atoms with van der Waals surface area (Å²) in [6.45, 7) is 3.68. The summed E-state index contributed by atoms with van der Waals surface area (Å²) in [4.78, 5) is 50.5. The lowest BCUT2D eigenvalue weighted by atomic mass is 9.84. The van der Waals surface area contributed by atoms with Gasteiger partial charge in [-0.25, -0.2) is 0 Å². The molecule has 1 aromatic rings. The van der Waals surface area contributed by atoms with Crippen LogP contribution in [0.3, 0.4) is 0 Å². The highest BCUT2D eigenvalue weighted by molar-refractivity contribution is 5.97. The van der Waals surface area contributed by atoms with Gasteiger partial charge in [-0.2, -0.15) is 26.3 Å². The maximum absolute atomic E-state index is 13.7. The van der Waals surface area contributed by atoms with Crippen molar-refractivity contribution in [2.24, 2.45) is 11.3 Å². The Morgan fingerprint density at radius 3 is 1.82 bits per heavy atom. The smallest absolute Gasteiger partial charge is 0.452 e. The van der Waals surface area contributed by atoms with Crippen LogP contribution in [0.25, 0.3) is 0 Å². The highest BCUT2D eigenvalue weighted by Gasteiger charge is 2.61.